The van der Waals surface area contributed by atoms with Crippen molar-refractivity contribution in [2.45, 2.75) is 31.4 Å². The second-order valence-electron chi connectivity index (χ2n) is 8.52. The third-order valence-electron chi connectivity index (χ3n) is 6.57. The molecule has 2 aliphatic heterocycles. The number of fused-ring (bicyclic) bond motifs is 1. The average molecular weight is 434 g/mol. The van der Waals surface area contributed by atoms with Crippen LogP contribution >= 0.6 is 11.6 Å². The maximum atomic E-state index is 6.56. The Kier molecular flexibility index (Phi) is 6.10. The van der Waals surface area contributed by atoms with Crippen LogP contribution in [0.25, 0.3) is 0 Å². The van der Waals surface area contributed by atoms with Crippen LogP contribution in [0.4, 0.5) is 5.69 Å². The Bertz CT molecular complexity index is 998. The summed E-state index contributed by atoms with van der Waals surface area (Å²) in [6.45, 7) is 4.70. The second-order valence-corrected chi connectivity index (χ2v) is 8.92. The van der Waals surface area contributed by atoms with Crippen LogP contribution in [0, 0.1) is 0 Å². The Morgan fingerprint density at radius 3 is 2.68 bits per heavy atom. The van der Waals surface area contributed by atoms with E-state index < -0.39 is 0 Å². The number of benzene rings is 2. The Labute approximate surface area is 189 Å². The first-order valence-electron chi connectivity index (χ1n) is 11.1. The molecule has 0 unspecified atom stereocenters. The second kappa shape index (κ2) is 9.29. The van der Waals surface area contributed by atoms with Gasteiger partial charge in [-0.3, -0.25) is 9.88 Å². The van der Waals surface area contributed by atoms with Crippen LogP contribution in [0.1, 0.15) is 29.9 Å². The topological polar surface area (TPSA) is 28.6 Å². The molecule has 0 saturated carbocycles. The SMILES string of the molecule is Clc1cccc(N2CCN3C[C@@H](c4ccccc4)CC[C@@H]3C2)c1OCc1cccnc1. The van der Waals surface area contributed by atoms with E-state index in [1.807, 2.05) is 30.5 Å². The molecule has 1 aromatic heterocycles. The van der Waals surface area contributed by atoms with E-state index in [-0.39, 0.29) is 0 Å². The van der Waals surface area contributed by atoms with Gasteiger partial charge in [-0.2, -0.15) is 0 Å². The minimum absolute atomic E-state index is 0.465. The average Bonchev–Trinajstić information content (AvgIpc) is 2.84. The van der Waals surface area contributed by atoms with E-state index in [0.29, 0.717) is 23.6 Å². The van der Waals surface area contributed by atoms with E-state index in [1.54, 1.807) is 6.20 Å². The quantitative estimate of drug-likeness (QED) is 0.540. The van der Waals surface area contributed by atoms with E-state index in [9.17, 15) is 0 Å². The molecular formula is C26H28ClN3O. The molecule has 0 spiro atoms. The molecule has 0 N–H and O–H groups in total. The molecule has 160 valence electrons. The molecule has 4 nitrogen and oxygen atoms in total. The number of pyridine rings is 1. The minimum atomic E-state index is 0.465. The van der Waals surface area contributed by atoms with Gasteiger partial charge in [-0.05, 0) is 42.5 Å². The number of rotatable bonds is 5. The van der Waals surface area contributed by atoms with Crippen molar-refractivity contribution in [2.24, 2.45) is 0 Å². The highest BCUT2D eigenvalue weighted by Gasteiger charge is 2.34. The summed E-state index contributed by atoms with van der Waals surface area (Å²) in [6.07, 6.45) is 6.08. The van der Waals surface area contributed by atoms with Crippen LogP contribution in [0.2, 0.25) is 5.02 Å². The van der Waals surface area contributed by atoms with E-state index in [4.69, 9.17) is 16.3 Å². The van der Waals surface area contributed by atoms with Crippen LogP contribution in [0.5, 0.6) is 5.75 Å². The molecule has 0 aliphatic carbocycles. The predicted octanol–water partition coefficient (Wildman–Crippen LogP) is 5.38. The molecule has 5 rings (SSSR count). The smallest absolute Gasteiger partial charge is 0.161 e. The van der Waals surface area contributed by atoms with Crippen molar-refractivity contribution in [3.8, 4) is 5.75 Å². The molecule has 31 heavy (non-hydrogen) atoms. The molecule has 0 radical (unpaired) electrons. The largest absolute Gasteiger partial charge is 0.485 e. The summed E-state index contributed by atoms with van der Waals surface area (Å²) >= 11 is 6.56. The molecule has 2 aromatic carbocycles. The maximum Gasteiger partial charge on any atom is 0.161 e. The van der Waals surface area contributed by atoms with Crippen molar-refractivity contribution < 1.29 is 4.74 Å². The van der Waals surface area contributed by atoms with Crippen molar-refractivity contribution in [1.29, 1.82) is 0 Å². The number of nitrogens with zero attached hydrogens (tertiary/aromatic N) is 3. The molecule has 2 fully saturated rings. The Hall–Kier alpha value is -2.56. The van der Waals surface area contributed by atoms with E-state index in [1.165, 1.54) is 18.4 Å². The lowest BCUT2D eigenvalue weighted by Crippen LogP contribution is -2.56. The summed E-state index contributed by atoms with van der Waals surface area (Å²) < 4.78 is 6.19. The Morgan fingerprint density at radius 2 is 1.84 bits per heavy atom. The Balaban J connectivity index is 1.28. The number of para-hydroxylation sites is 1. The fourth-order valence-corrected chi connectivity index (χ4v) is 5.14. The van der Waals surface area contributed by atoms with Crippen molar-refractivity contribution in [3.63, 3.8) is 0 Å². The van der Waals surface area contributed by atoms with Gasteiger partial charge in [0.15, 0.2) is 5.75 Å². The number of halogens is 1. The van der Waals surface area contributed by atoms with Crippen molar-refractivity contribution in [1.82, 2.24) is 9.88 Å². The summed E-state index contributed by atoms with van der Waals surface area (Å²) in [5, 5.41) is 0.664. The van der Waals surface area contributed by atoms with Gasteiger partial charge < -0.3 is 9.64 Å². The molecule has 2 aliphatic rings. The zero-order valence-electron chi connectivity index (χ0n) is 17.7. The first-order valence-corrected chi connectivity index (χ1v) is 11.5. The fraction of sp³-hybridized carbons (Fsp3) is 0.346. The first-order chi connectivity index (χ1) is 15.3. The Morgan fingerprint density at radius 1 is 0.935 bits per heavy atom. The molecule has 0 bridgehead atoms. The van der Waals surface area contributed by atoms with Gasteiger partial charge in [0.2, 0.25) is 0 Å². The van der Waals surface area contributed by atoms with Crippen molar-refractivity contribution in [2.75, 3.05) is 31.1 Å². The van der Waals surface area contributed by atoms with Gasteiger partial charge in [0.05, 0.1) is 10.7 Å². The van der Waals surface area contributed by atoms with Crippen molar-refractivity contribution >= 4 is 17.3 Å². The third kappa shape index (κ3) is 4.56. The lowest BCUT2D eigenvalue weighted by molar-refractivity contribution is 0.119. The fourth-order valence-electron chi connectivity index (χ4n) is 4.92. The predicted molar refractivity (Wildman–Crippen MR) is 126 cm³/mol. The van der Waals surface area contributed by atoms with Gasteiger partial charge in [0.1, 0.15) is 6.61 Å². The lowest BCUT2D eigenvalue weighted by Gasteiger charge is -2.47. The number of aromatic nitrogens is 1. The van der Waals surface area contributed by atoms with E-state index >= 15 is 0 Å². The molecule has 3 heterocycles. The molecule has 0 amide bonds. The minimum Gasteiger partial charge on any atom is -0.485 e. The highest BCUT2D eigenvalue weighted by atomic mass is 35.5. The van der Waals surface area contributed by atoms with Gasteiger partial charge in [0, 0.05) is 50.2 Å². The standard InChI is InChI=1S/C26H28ClN3O/c27-24-9-4-10-25(26(24)31-19-20-6-5-13-28-16-20)30-15-14-29-17-22(11-12-23(29)18-30)21-7-2-1-3-8-21/h1-10,13,16,22-23H,11-12,14-15,17-19H2/t22-,23+/m0/s1. The molecule has 2 saturated heterocycles. The zero-order chi connectivity index (χ0) is 21.0. The van der Waals surface area contributed by atoms with Crippen LogP contribution in [0.3, 0.4) is 0 Å². The van der Waals surface area contributed by atoms with Crippen molar-refractivity contribution in [3.05, 3.63) is 89.2 Å². The van der Waals surface area contributed by atoms with E-state index in [0.717, 1.165) is 43.2 Å². The number of anilines is 1. The van der Waals surface area contributed by atoms with Crippen LogP contribution in [0.15, 0.2) is 73.1 Å². The normalized spacial score (nSPS) is 21.5. The zero-order valence-corrected chi connectivity index (χ0v) is 18.4. The van der Waals surface area contributed by atoms with Crippen LogP contribution < -0.4 is 9.64 Å². The third-order valence-corrected chi connectivity index (χ3v) is 6.87. The molecule has 5 heteroatoms. The maximum absolute atomic E-state index is 6.56. The molecular weight excluding hydrogens is 406 g/mol. The summed E-state index contributed by atoms with van der Waals surface area (Å²) in [6, 6.07) is 21.6. The lowest BCUT2D eigenvalue weighted by atomic mass is 9.86. The molecule has 3 aromatic rings. The summed E-state index contributed by atoms with van der Waals surface area (Å²) in [7, 11) is 0. The van der Waals surface area contributed by atoms with Gasteiger partial charge in [-0.25, -0.2) is 0 Å². The summed E-state index contributed by atoms with van der Waals surface area (Å²) in [5.41, 5.74) is 3.61. The molecule has 2 atom stereocenters. The number of piperidine rings is 1. The number of hydrogen-bond donors (Lipinski definition) is 0. The van der Waals surface area contributed by atoms with Gasteiger partial charge >= 0.3 is 0 Å². The first kappa shape index (κ1) is 20.3. The monoisotopic (exact) mass is 433 g/mol. The highest BCUT2D eigenvalue weighted by molar-refractivity contribution is 6.32. The number of piperazine rings is 1. The number of ether oxygens (including phenoxy) is 1. The summed E-state index contributed by atoms with van der Waals surface area (Å²) in [5.74, 6) is 1.42. The van der Waals surface area contributed by atoms with Crippen LogP contribution in [-0.2, 0) is 6.61 Å². The van der Waals surface area contributed by atoms with E-state index in [2.05, 4.69) is 51.2 Å². The summed E-state index contributed by atoms with van der Waals surface area (Å²) in [4.78, 5) is 9.31. The number of hydrogen-bond acceptors (Lipinski definition) is 4. The van der Waals surface area contributed by atoms with Gasteiger partial charge in [0.25, 0.3) is 0 Å². The highest BCUT2D eigenvalue weighted by Crippen LogP contribution is 2.39. The van der Waals surface area contributed by atoms with Gasteiger partial charge in [-0.1, -0.05) is 54.1 Å². The van der Waals surface area contributed by atoms with Gasteiger partial charge in [-0.15, -0.1) is 0 Å². The van der Waals surface area contributed by atoms with Crippen LogP contribution in [-0.4, -0.2) is 42.1 Å².